The van der Waals surface area contributed by atoms with Gasteiger partial charge in [-0.25, -0.2) is 0 Å². The number of halogens is 4. The molecular weight excluding hydrogens is 246 g/mol. The predicted octanol–water partition coefficient (Wildman–Crippen LogP) is 3.72. The van der Waals surface area contributed by atoms with Crippen molar-refractivity contribution in [3.8, 4) is 0 Å². The summed E-state index contributed by atoms with van der Waals surface area (Å²) in [6.45, 7) is -0.690. The smallest absolute Gasteiger partial charge is 0.141 e. The average Bonchev–Trinajstić information content (AvgIpc) is 1.57. The van der Waals surface area contributed by atoms with Gasteiger partial charge < -0.3 is 0 Å². The minimum atomic E-state index is -2.14. The zero-order chi connectivity index (χ0) is 8.41. The van der Waals surface area contributed by atoms with Crippen molar-refractivity contribution in [3.63, 3.8) is 0 Å². The molecule has 0 atom stereocenters. The number of hydrogen-bond acceptors (Lipinski definition) is 0. The van der Waals surface area contributed by atoms with Crippen LogP contribution in [0.25, 0.3) is 0 Å². The van der Waals surface area contributed by atoms with Crippen molar-refractivity contribution in [2.45, 2.75) is 13.1 Å². The molecule has 0 saturated carbocycles. The van der Waals surface area contributed by atoms with Gasteiger partial charge in [-0.15, -0.1) is 44.3 Å². The van der Waals surface area contributed by atoms with E-state index < -0.39 is 13.4 Å². The van der Waals surface area contributed by atoms with Crippen molar-refractivity contribution < 1.29 is 0 Å². The lowest BCUT2D eigenvalue weighted by atomic mass is 11.2. The van der Waals surface area contributed by atoms with Crippen LogP contribution in [0.4, 0.5) is 0 Å². The van der Waals surface area contributed by atoms with E-state index in [9.17, 15) is 0 Å². The van der Waals surface area contributed by atoms with Gasteiger partial charge in [-0.1, -0.05) is 11.4 Å². The maximum absolute atomic E-state index is 5.76. The van der Waals surface area contributed by atoms with Gasteiger partial charge in [0, 0.05) is 0 Å². The highest BCUT2D eigenvalue weighted by Crippen LogP contribution is 2.20. The summed E-state index contributed by atoms with van der Waals surface area (Å²) < 4.78 is 0. The van der Waals surface area contributed by atoms with E-state index in [0.717, 1.165) is 0 Å². The normalized spacial score (nSPS) is 14.6. The molecule has 0 rings (SSSR count). The SMILES string of the molecule is C[Si](Cl)(Cl)/C=C\[Si](C)(Cl)Cl. The van der Waals surface area contributed by atoms with E-state index >= 15 is 0 Å². The lowest BCUT2D eigenvalue weighted by Crippen LogP contribution is -2.14. The first kappa shape index (κ1) is 11.3. The highest BCUT2D eigenvalue weighted by Gasteiger charge is 2.21. The Bertz CT molecular complexity index is 115. The molecule has 0 aromatic carbocycles. The molecule has 0 aliphatic heterocycles. The van der Waals surface area contributed by atoms with Crippen LogP contribution >= 0.6 is 44.3 Å². The molecule has 10 heavy (non-hydrogen) atoms. The third kappa shape index (κ3) is 9.33. The molecule has 0 N–H and O–H groups in total. The second-order valence-electron chi connectivity index (χ2n) is 2.25. The fraction of sp³-hybridized carbons (Fsp3) is 0.500. The Balaban J connectivity index is 4.01. The molecule has 0 radical (unpaired) electrons. The Morgan fingerprint density at radius 2 is 1.00 bits per heavy atom. The van der Waals surface area contributed by atoms with Crippen molar-refractivity contribution >= 4 is 57.7 Å². The van der Waals surface area contributed by atoms with E-state index in [1.807, 2.05) is 0 Å². The summed E-state index contributed by atoms with van der Waals surface area (Å²) in [5, 5.41) is 0. The van der Waals surface area contributed by atoms with Gasteiger partial charge in [0.05, 0.1) is 0 Å². The highest BCUT2D eigenvalue weighted by molar-refractivity contribution is 7.50. The van der Waals surface area contributed by atoms with Gasteiger partial charge in [0.25, 0.3) is 13.4 Å². The average molecular weight is 254 g/mol. The van der Waals surface area contributed by atoms with Gasteiger partial charge in [-0.05, 0) is 13.1 Å². The molecular formula is C4H8Cl4Si2. The first-order chi connectivity index (χ1) is 4.21. The zero-order valence-corrected chi connectivity index (χ0v) is 10.7. The van der Waals surface area contributed by atoms with Crippen LogP contribution < -0.4 is 0 Å². The second kappa shape index (κ2) is 3.83. The maximum Gasteiger partial charge on any atom is 0.270 e. The lowest BCUT2D eigenvalue weighted by molar-refractivity contribution is 2.10. The van der Waals surface area contributed by atoms with Crippen molar-refractivity contribution in [2.75, 3.05) is 0 Å². The van der Waals surface area contributed by atoms with Crippen molar-refractivity contribution in [1.82, 2.24) is 0 Å². The molecule has 6 heteroatoms. The standard InChI is InChI=1S/C4H8Cl4Si2/c1-9(5,6)3-4-10(2,7)8/h3-4H,1-2H3/b4-3-. The third-order valence-electron chi connectivity index (χ3n) is 0.669. The Labute approximate surface area is 81.9 Å². The first-order valence-electron chi connectivity index (χ1n) is 2.67. The fourth-order valence-corrected chi connectivity index (χ4v) is 4.90. The molecule has 0 saturated heterocycles. The van der Waals surface area contributed by atoms with Crippen molar-refractivity contribution in [3.05, 3.63) is 11.4 Å². The van der Waals surface area contributed by atoms with Crippen LogP contribution in [0.15, 0.2) is 11.4 Å². The molecule has 0 bridgehead atoms. The van der Waals surface area contributed by atoms with Gasteiger partial charge in [-0.2, -0.15) is 0 Å². The fourth-order valence-electron chi connectivity index (χ4n) is 0.293. The van der Waals surface area contributed by atoms with Gasteiger partial charge in [0.1, 0.15) is 0 Å². The molecule has 0 aliphatic rings. The summed E-state index contributed by atoms with van der Waals surface area (Å²) >= 11 is 23.0. The zero-order valence-electron chi connectivity index (χ0n) is 5.67. The summed E-state index contributed by atoms with van der Waals surface area (Å²) in [5.74, 6) is 0. The summed E-state index contributed by atoms with van der Waals surface area (Å²) in [7, 11) is 0. The van der Waals surface area contributed by atoms with Crippen LogP contribution in [0.3, 0.4) is 0 Å². The molecule has 0 amide bonds. The van der Waals surface area contributed by atoms with Crippen LogP contribution in [-0.2, 0) is 0 Å². The topological polar surface area (TPSA) is 0 Å². The summed E-state index contributed by atoms with van der Waals surface area (Å²) in [6, 6.07) is 0. The minimum Gasteiger partial charge on any atom is -0.141 e. The second-order valence-corrected chi connectivity index (χ2v) is 17.3. The van der Waals surface area contributed by atoms with Crippen LogP contribution in [-0.4, -0.2) is 13.4 Å². The predicted molar refractivity (Wildman–Crippen MR) is 55.8 cm³/mol. The van der Waals surface area contributed by atoms with Crippen molar-refractivity contribution in [2.24, 2.45) is 0 Å². The van der Waals surface area contributed by atoms with E-state index in [2.05, 4.69) is 0 Å². The minimum absolute atomic E-state index is 1.74. The lowest BCUT2D eigenvalue weighted by Gasteiger charge is -2.05. The van der Waals surface area contributed by atoms with Gasteiger partial charge in [0.15, 0.2) is 0 Å². The molecule has 0 spiro atoms. The van der Waals surface area contributed by atoms with Crippen LogP contribution in [0.1, 0.15) is 0 Å². The molecule has 0 aromatic heterocycles. The number of hydrogen-bond donors (Lipinski definition) is 0. The van der Waals surface area contributed by atoms with Crippen LogP contribution in [0.2, 0.25) is 13.1 Å². The molecule has 60 valence electrons. The van der Waals surface area contributed by atoms with Crippen LogP contribution in [0.5, 0.6) is 0 Å². The van der Waals surface area contributed by atoms with E-state index in [1.54, 1.807) is 24.5 Å². The van der Waals surface area contributed by atoms with E-state index in [-0.39, 0.29) is 0 Å². The number of rotatable bonds is 2. The van der Waals surface area contributed by atoms with Crippen LogP contribution in [0, 0.1) is 0 Å². The molecule has 0 unspecified atom stereocenters. The summed E-state index contributed by atoms with van der Waals surface area (Å²) in [4.78, 5) is 0. The van der Waals surface area contributed by atoms with Gasteiger partial charge in [-0.3, -0.25) is 0 Å². The van der Waals surface area contributed by atoms with E-state index in [1.165, 1.54) is 0 Å². The quantitative estimate of drug-likeness (QED) is 0.520. The Hall–Kier alpha value is 1.33. The Morgan fingerprint density at radius 1 is 0.800 bits per heavy atom. The summed E-state index contributed by atoms with van der Waals surface area (Å²) in [6.07, 6.45) is 0. The van der Waals surface area contributed by atoms with E-state index in [4.69, 9.17) is 44.3 Å². The molecule has 0 aromatic rings. The van der Waals surface area contributed by atoms with Gasteiger partial charge in [0.2, 0.25) is 0 Å². The van der Waals surface area contributed by atoms with Gasteiger partial charge >= 0.3 is 0 Å². The highest BCUT2D eigenvalue weighted by atomic mass is 35.7. The Kier molecular flexibility index (Phi) is 4.34. The van der Waals surface area contributed by atoms with E-state index in [0.29, 0.717) is 0 Å². The first-order valence-corrected chi connectivity index (χ1v) is 11.9. The molecule has 0 heterocycles. The summed E-state index contributed by atoms with van der Waals surface area (Å²) in [5.41, 5.74) is 3.48. The molecule has 0 fully saturated rings. The van der Waals surface area contributed by atoms with Crippen molar-refractivity contribution in [1.29, 1.82) is 0 Å². The molecule has 0 aliphatic carbocycles. The maximum atomic E-state index is 5.76. The monoisotopic (exact) mass is 252 g/mol. The third-order valence-corrected chi connectivity index (χ3v) is 4.02. The largest absolute Gasteiger partial charge is 0.270 e. The molecule has 0 nitrogen and oxygen atoms in total. The Morgan fingerprint density at radius 3 is 1.10 bits per heavy atom.